The topological polar surface area (TPSA) is 27.7 Å². The largest absolute Gasteiger partial charge is 0.640 e. The molecule has 1 aliphatic rings. The van der Waals surface area contributed by atoms with Crippen LogP contribution in [-0.2, 0) is 14.0 Å². The van der Waals surface area contributed by atoms with E-state index in [2.05, 4.69) is 13.5 Å². The predicted octanol–water partition coefficient (Wildman–Crippen LogP) is 2.17. The second-order valence-electron chi connectivity index (χ2n) is 4.24. The summed E-state index contributed by atoms with van der Waals surface area (Å²) in [4.78, 5) is 0. The highest BCUT2D eigenvalue weighted by atomic mass is 16.8. The van der Waals surface area contributed by atoms with Crippen molar-refractivity contribution in [2.45, 2.75) is 45.3 Å². The second kappa shape index (κ2) is 4.05. The Labute approximate surface area is 86.6 Å². The van der Waals surface area contributed by atoms with Crippen LogP contribution >= 0.6 is 0 Å². The summed E-state index contributed by atoms with van der Waals surface area (Å²) in [5, 5.41) is 0. The molecule has 1 atom stereocenters. The quantitative estimate of drug-likeness (QED) is 0.511. The third-order valence-electron chi connectivity index (χ3n) is 3.05. The van der Waals surface area contributed by atoms with Crippen molar-refractivity contribution in [3.8, 4) is 0 Å². The lowest BCUT2D eigenvalue weighted by atomic mass is 9.86. The van der Waals surface area contributed by atoms with Crippen molar-refractivity contribution in [3.05, 3.63) is 12.7 Å². The van der Waals surface area contributed by atoms with Crippen molar-refractivity contribution in [2.24, 2.45) is 0 Å². The third-order valence-corrected chi connectivity index (χ3v) is 3.05. The first-order valence-electron chi connectivity index (χ1n) is 5.03. The van der Waals surface area contributed by atoms with Crippen molar-refractivity contribution in [1.82, 2.24) is 0 Å². The van der Waals surface area contributed by atoms with Gasteiger partial charge in [-0.2, -0.15) is 0 Å². The van der Waals surface area contributed by atoms with Gasteiger partial charge in [-0.3, -0.25) is 0 Å². The molecular weight excluding hydrogens is 179 g/mol. The van der Waals surface area contributed by atoms with Gasteiger partial charge in [-0.1, -0.05) is 13.0 Å². The van der Waals surface area contributed by atoms with E-state index >= 15 is 0 Å². The van der Waals surface area contributed by atoms with Crippen LogP contribution in [-0.4, -0.2) is 25.1 Å². The minimum absolute atomic E-state index is 0.279. The highest BCUT2D eigenvalue weighted by molar-refractivity contribution is 6.37. The molecule has 0 aromatic carbocycles. The van der Waals surface area contributed by atoms with E-state index in [1.807, 2.05) is 20.8 Å². The fraction of sp³-hybridized carbons (Fsp3) is 0.800. The SMILES string of the molecule is C=CCOB1OC(C)(C)C(C)(CC)O1. The average molecular weight is 198 g/mol. The van der Waals surface area contributed by atoms with E-state index in [1.54, 1.807) is 6.08 Å². The van der Waals surface area contributed by atoms with E-state index in [9.17, 15) is 0 Å². The first kappa shape index (κ1) is 11.8. The van der Waals surface area contributed by atoms with Gasteiger partial charge < -0.3 is 14.0 Å². The Morgan fingerprint density at radius 3 is 2.43 bits per heavy atom. The Balaban J connectivity index is 2.62. The summed E-state index contributed by atoms with van der Waals surface area (Å²) in [5.41, 5.74) is -0.591. The summed E-state index contributed by atoms with van der Waals surface area (Å²) >= 11 is 0. The van der Waals surface area contributed by atoms with Crippen molar-refractivity contribution in [1.29, 1.82) is 0 Å². The molecule has 3 nitrogen and oxygen atoms in total. The van der Waals surface area contributed by atoms with Crippen molar-refractivity contribution >= 4 is 7.32 Å². The molecule has 0 bridgehead atoms. The molecule has 0 saturated carbocycles. The highest BCUT2D eigenvalue weighted by Crippen LogP contribution is 2.39. The molecule has 0 radical (unpaired) electrons. The van der Waals surface area contributed by atoms with Gasteiger partial charge >= 0.3 is 7.32 Å². The van der Waals surface area contributed by atoms with Gasteiger partial charge in [-0.15, -0.1) is 6.58 Å². The fourth-order valence-corrected chi connectivity index (χ4v) is 1.47. The van der Waals surface area contributed by atoms with Crippen LogP contribution in [0.5, 0.6) is 0 Å². The molecule has 14 heavy (non-hydrogen) atoms. The van der Waals surface area contributed by atoms with Crippen LogP contribution in [0.1, 0.15) is 34.1 Å². The monoisotopic (exact) mass is 198 g/mol. The molecular formula is C10H19BO3. The van der Waals surface area contributed by atoms with E-state index in [4.69, 9.17) is 14.0 Å². The predicted molar refractivity (Wildman–Crippen MR) is 56.8 cm³/mol. The first-order chi connectivity index (χ1) is 6.45. The minimum atomic E-state index is -0.562. The Hall–Kier alpha value is -0.315. The van der Waals surface area contributed by atoms with Crippen LogP contribution in [0.2, 0.25) is 0 Å². The maximum absolute atomic E-state index is 5.72. The molecule has 0 aliphatic carbocycles. The average Bonchev–Trinajstić information content (AvgIpc) is 2.35. The lowest BCUT2D eigenvalue weighted by Gasteiger charge is -2.34. The molecule has 1 heterocycles. The van der Waals surface area contributed by atoms with E-state index in [1.165, 1.54) is 0 Å². The van der Waals surface area contributed by atoms with Crippen molar-refractivity contribution in [3.63, 3.8) is 0 Å². The van der Waals surface area contributed by atoms with Crippen molar-refractivity contribution < 1.29 is 14.0 Å². The summed E-state index contributed by atoms with van der Waals surface area (Å²) in [6.07, 6.45) is 2.58. The summed E-state index contributed by atoms with van der Waals surface area (Å²) in [6, 6.07) is 0. The van der Waals surface area contributed by atoms with Gasteiger partial charge in [0.05, 0.1) is 17.8 Å². The molecule has 0 amide bonds. The standard InChI is InChI=1S/C10H19BO3/c1-6-8-12-11-13-9(3,4)10(5,7-2)14-11/h6H,1,7-8H2,2-5H3. The van der Waals surface area contributed by atoms with Crippen LogP contribution in [0.3, 0.4) is 0 Å². The molecule has 1 saturated heterocycles. The van der Waals surface area contributed by atoms with Crippen LogP contribution in [0.15, 0.2) is 12.7 Å². The maximum atomic E-state index is 5.72. The van der Waals surface area contributed by atoms with Gasteiger partial charge in [-0.25, -0.2) is 0 Å². The molecule has 0 N–H and O–H groups in total. The zero-order valence-electron chi connectivity index (χ0n) is 9.50. The Bertz CT molecular complexity index is 217. The van der Waals surface area contributed by atoms with Gasteiger partial charge in [-0.05, 0) is 27.2 Å². The molecule has 1 fully saturated rings. The summed E-state index contributed by atoms with van der Waals surface area (Å²) in [5.74, 6) is 0. The van der Waals surface area contributed by atoms with Crippen LogP contribution < -0.4 is 0 Å². The van der Waals surface area contributed by atoms with Gasteiger partial charge in [0.1, 0.15) is 0 Å². The van der Waals surface area contributed by atoms with Crippen LogP contribution in [0.25, 0.3) is 0 Å². The van der Waals surface area contributed by atoms with Gasteiger partial charge in [0.15, 0.2) is 0 Å². The normalized spacial score (nSPS) is 30.7. The maximum Gasteiger partial charge on any atom is 0.640 e. The summed E-state index contributed by atoms with van der Waals surface area (Å²) in [7, 11) is -0.562. The molecule has 1 aliphatic heterocycles. The number of rotatable bonds is 4. The minimum Gasteiger partial charge on any atom is -0.382 e. The van der Waals surface area contributed by atoms with E-state index in [0.717, 1.165) is 6.42 Å². The number of hydrogen-bond donors (Lipinski definition) is 0. The zero-order valence-corrected chi connectivity index (χ0v) is 9.50. The molecule has 4 heteroatoms. The van der Waals surface area contributed by atoms with Gasteiger partial charge in [0, 0.05) is 0 Å². The van der Waals surface area contributed by atoms with E-state index in [0.29, 0.717) is 6.61 Å². The molecule has 80 valence electrons. The van der Waals surface area contributed by atoms with Gasteiger partial charge in [0.2, 0.25) is 0 Å². The van der Waals surface area contributed by atoms with Crippen LogP contribution in [0.4, 0.5) is 0 Å². The molecule has 0 aromatic heterocycles. The smallest absolute Gasteiger partial charge is 0.382 e. The molecule has 1 rings (SSSR count). The summed E-state index contributed by atoms with van der Waals surface area (Å²) in [6.45, 7) is 12.2. The third kappa shape index (κ3) is 2.02. The lowest BCUT2D eigenvalue weighted by molar-refractivity contribution is -0.0119. The fourth-order valence-electron chi connectivity index (χ4n) is 1.47. The number of hydrogen-bond acceptors (Lipinski definition) is 3. The lowest BCUT2D eigenvalue weighted by Crippen LogP contribution is -2.44. The van der Waals surface area contributed by atoms with E-state index < -0.39 is 7.32 Å². The Morgan fingerprint density at radius 2 is 2.00 bits per heavy atom. The first-order valence-corrected chi connectivity index (χ1v) is 5.03. The second-order valence-corrected chi connectivity index (χ2v) is 4.24. The van der Waals surface area contributed by atoms with E-state index in [-0.39, 0.29) is 11.2 Å². The molecule has 0 aromatic rings. The zero-order chi connectivity index (χ0) is 10.8. The Morgan fingerprint density at radius 1 is 1.36 bits per heavy atom. The highest BCUT2D eigenvalue weighted by Gasteiger charge is 2.54. The van der Waals surface area contributed by atoms with Crippen molar-refractivity contribution in [2.75, 3.05) is 6.61 Å². The molecule has 0 spiro atoms. The van der Waals surface area contributed by atoms with Crippen LogP contribution in [0, 0.1) is 0 Å². The summed E-state index contributed by atoms with van der Waals surface area (Å²) < 4.78 is 16.7. The Kier molecular flexibility index (Phi) is 3.40. The van der Waals surface area contributed by atoms with Gasteiger partial charge in [0.25, 0.3) is 0 Å². The molecule has 1 unspecified atom stereocenters.